The molecule has 3 rings (SSSR count). The standard InChI is InChI=1S/C13H13N5O3/c1-17-7-11(20)18(13(17)21)6-10(19)16-12-14-8-4-2-3-5-9(8)15-12/h2-5H,6-7H2,1H3,(H2,14,15,16,19). The molecule has 1 aliphatic rings. The molecule has 8 heteroatoms. The van der Waals surface area contributed by atoms with E-state index >= 15 is 0 Å². The molecule has 0 atom stereocenters. The number of aromatic nitrogens is 2. The Balaban J connectivity index is 1.69. The lowest BCUT2D eigenvalue weighted by Gasteiger charge is -2.12. The Morgan fingerprint density at radius 1 is 1.38 bits per heavy atom. The Labute approximate surface area is 119 Å². The van der Waals surface area contributed by atoms with Gasteiger partial charge in [0.05, 0.1) is 11.0 Å². The number of H-pyrrole nitrogens is 1. The number of rotatable bonds is 3. The Morgan fingerprint density at radius 2 is 2.14 bits per heavy atom. The highest BCUT2D eigenvalue weighted by atomic mass is 16.2. The molecule has 1 fully saturated rings. The van der Waals surface area contributed by atoms with E-state index in [1.807, 2.05) is 24.3 Å². The number of likely N-dealkylation sites (N-methyl/N-ethyl adjacent to an activating group) is 1. The second-order valence-electron chi connectivity index (χ2n) is 4.77. The molecule has 1 aromatic heterocycles. The van der Waals surface area contributed by atoms with Crippen molar-refractivity contribution in [2.24, 2.45) is 0 Å². The fourth-order valence-corrected chi connectivity index (χ4v) is 2.15. The summed E-state index contributed by atoms with van der Waals surface area (Å²) in [4.78, 5) is 44.5. The van der Waals surface area contributed by atoms with Crippen molar-refractivity contribution in [3.05, 3.63) is 24.3 Å². The number of carbonyl (C=O) groups excluding carboxylic acids is 3. The van der Waals surface area contributed by atoms with E-state index in [1.165, 1.54) is 11.9 Å². The number of aromatic amines is 1. The third kappa shape index (κ3) is 2.42. The van der Waals surface area contributed by atoms with Gasteiger partial charge in [-0.25, -0.2) is 9.78 Å². The number of carbonyl (C=O) groups is 3. The topological polar surface area (TPSA) is 98.4 Å². The van der Waals surface area contributed by atoms with E-state index in [1.54, 1.807) is 0 Å². The second kappa shape index (κ2) is 4.89. The Bertz CT molecular complexity index is 705. The van der Waals surface area contributed by atoms with Crippen LogP contribution in [-0.4, -0.2) is 57.8 Å². The number of imide groups is 1. The van der Waals surface area contributed by atoms with Gasteiger partial charge in [-0.1, -0.05) is 12.1 Å². The van der Waals surface area contributed by atoms with Gasteiger partial charge in [0.25, 0.3) is 5.91 Å². The number of fused-ring (bicyclic) bond motifs is 1. The maximum absolute atomic E-state index is 11.9. The first-order chi connectivity index (χ1) is 10.0. The molecular formula is C13H13N5O3. The van der Waals surface area contributed by atoms with Gasteiger partial charge in [0.15, 0.2) is 0 Å². The molecule has 2 N–H and O–H groups in total. The van der Waals surface area contributed by atoms with Gasteiger partial charge >= 0.3 is 6.03 Å². The molecule has 0 bridgehead atoms. The average molecular weight is 287 g/mol. The van der Waals surface area contributed by atoms with Crippen molar-refractivity contribution in [2.75, 3.05) is 25.5 Å². The minimum Gasteiger partial charge on any atom is -0.324 e. The smallest absolute Gasteiger partial charge is 0.324 e. The van der Waals surface area contributed by atoms with Crippen molar-refractivity contribution >= 4 is 34.8 Å². The number of amides is 4. The van der Waals surface area contributed by atoms with Gasteiger partial charge in [0.2, 0.25) is 11.9 Å². The molecule has 1 aromatic carbocycles. The van der Waals surface area contributed by atoms with Gasteiger partial charge in [-0.05, 0) is 12.1 Å². The third-order valence-corrected chi connectivity index (χ3v) is 3.18. The molecule has 0 radical (unpaired) electrons. The number of anilines is 1. The third-order valence-electron chi connectivity index (χ3n) is 3.18. The first kappa shape index (κ1) is 13.1. The minimum atomic E-state index is -0.481. The van der Waals surface area contributed by atoms with E-state index in [2.05, 4.69) is 15.3 Å². The first-order valence-corrected chi connectivity index (χ1v) is 6.34. The lowest BCUT2D eigenvalue weighted by atomic mass is 10.3. The van der Waals surface area contributed by atoms with Gasteiger partial charge in [0, 0.05) is 7.05 Å². The number of nitrogens with one attached hydrogen (secondary N) is 2. The van der Waals surface area contributed by atoms with Gasteiger partial charge < -0.3 is 9.88 Å². The van der Waals surface area contributed by atoms with Crippen LogP contribution in [0.3, 0.4) is 0 Å². The van der Waals surface area contributed by atoms with Crippen LogP contribution in [0.15, 0.2) is 24.3 Å². The van der Waals surface area contributed by atoms with Crippen LogP contribution in [0.25, 0.3) is 11.0 Å². The molecule has 1 saturated heterocycles. The Kier molecular flexibility index (Phi) is 3.05. The molecule has 108 valence electrons. The molecular weight excluding hydrogens is 274 g/mol. The number of para-hydroxylation sites is 2. The van der Waals surface area contributed by atoms with E-state index in [9.17, 15) is 14.4 Å². The van der Waals surface area contributed by atoms with Gasteiger partial charge in [-0.2, -0.15) is 0 Å². The van der Waals surface area contributed by atoms with Gasteiger partial charge in [0.1, 0.15) is 13.1 Å². The molecule has 2 aromatic rings. The summed E-state index contributed by atoms with van der Waals surface area (Å²) in [5.74, 6) is -0.582. The van der Waals surface area contributed by atoms with Crippen LogP contribution in [0.1, 0.15) is 0 Å². The number of benzene rings is 1. The molecule has 4 amide bonds. The van der Waals surface area contributed by atoms with E-state index in [-0.39, 0.29) is 24.9 Å². The van der Waals surface area contributed by atoms with Crippen LogP contribution in [0.5, 0.6) is 0 Å². The van der Waals surface area contributed by atoms with Gasteiger partial charge in [-0.3, -0.25) is 19.8 Å². The summed E-state index contributed by atoms with van der Waals surface area (Å²) in [6.07, 6.45) is 0. The largest absolute Gasteiger partial charge is 0.327 e. The van der Waals surface area contributed by atoms with E-state index in [4.69, 9.17) is 0 Å². The lowest BCUT2D eigenvalue weighted by Crippen LogP contribution is -2.38. The molecule has 0 saturated carbocycles. The summed E-state index contributed by atoms with van der Waals surface area (Å²) in [5.41, 5.74) is 1.52. The van der Waals surface area contributed by atoms with Crippen molar-refractivity contribution in [1.29, 1.82) is 0 Å². The SMILES string of the molecule is CN1CC(=O)N(CC(=O)Nc2nc3ccccc3[nH]2)C1=O. The van der Waals surface area contributed by atoms with Crippen LogP contribution < -0.4 is 5.32 Å². The van der Waals surface area contributed by atoms with Crippen molar-refractivity contribution in [1.82, 2.24) is 19.8 Å². The van der Waals surface area contributed by atoms with Gasteiger partial charge in [-0.15, -0.1) is 0 Å². The molecule has 0 unspecified atom stereocenters. The molecule has 2 heterocycles. The maximum atomic E-state index is 11.9. The fraction of sp³-hybridized carbons (Fsp3) is 0.231. The van der Waals surface area contributed by atoms with Crippen molar-refractivity contribution in [3.63, 3.8) is 0 Å². The zero-order valence-electron chi connectivity index (χ0n) is 11.3. The number of hydrogen-bond acceptors (Lipinski definition) is 4. The van der Waals surface area contributed by atoms with Crippen LogP contribution in [0, 0.1) is 0 Å². The number of nitrogens with zero attached hydrogens (tertiary/aromatic N) is 3. The van der Waals surface area contributed by atoms with E-state index < -0.39 is 11.9 Å². The minimum absolute atomic E-state index is 0.00322. The molecule has 1 aliphatic heterocycles. The Hall–Kier alpha value is -2.90. The predicted molar refractivity (Wildman–Crippen MR) is 74.5 cm³/mol. The van der Waals surface area contributed by atoms with Crippen LogP contribution in [0.4, 0.5) is 10.7 Å². The summed E-state index contributed by atoms with van der Waals surface area (Å²) in [6.45, 7) is -0.324. The zero-order valence-corrected chi connectivity index (χ0v) is 11.3. The molecule has 0 aliphatic carbocycles. The predicted octanol–water partition coefficient (Wildman–Crippen LogP) is 0.395. The monoisotopic (exact) mass is 287 g/mol. The summed E-state index contributed by atoms with van der Waals surface area (Å²) in [7, 11) is 1.51. The summed E-state index contributed by atoms with van der Waals surface area (Å²) in [6, 6.07) is 6.86. The number of imidazole rings is 1. The summed E-state index contributed by atoms with van der Waals surface area (Å²) in [5, 5.41) is 2.54. The first-order valence-electron chi connectivity index (χ1n) is 6.34. The molecule has 0 spiro atoms. The number of urea groups is 1. The van der Waals surface area contributed by atoms with Crippen LogP contribution >= 0.6 is 0 Å². The quantitative estimate of drug-likeness (QED) is 0.798. The fourth-order valence-electron chi connectivity index (χ4n) is 2.15. The Morgan fingerprint density at radius 3 is 2.81 bits per heavy atom. The zero-order chi connectivity index (χ0) is 15.0. The number of hydrogen-bond donors (Lipinski definition) is 2. The molecule has 21 heavy (non-hydrogen) atoms. The van der Waals surface area contributed by atoms with E-state index in [0.29, 0.717) is 0 Å². The summed E-state index contributed by atoms with van der Waals surface area (Å²) < 4.78 is 0. The van der Waals surface area contributed by atoms with Crippen molar-refractivity contribution in [2.45, 2.75) is 0 Å². The van der Waals surface area contributed by atoms with Crippen molar-refractivity contribution in [3.8, 4) is 0 Å². The second-order valence-corrected chi connectivity index (χ2v) is 4.77. The highest BCUT2D eigenvalue weighted by molar-refractivity contribution is 6.06. The maximum Gasteiger partial charge on any atom is 0.327 e. The van der Waals surface area contributed by atoms with Crippen LogP contribution in [0.2, 0.25) is 0 Å². The highest BCUT2D eigenvalue weighted by Crippen LogP contribution is 2.13. The highest BCUT2D eigenvalue weighted by Gasteiger charge is 2.34. The van der Waals surface area contributed by atoms with Crippen LogP contribution in [-0.2, 0) is 9.59 Å². The summed E-state index contributed by atoms with van der Waals surface area (Å²) >= 11 is 0. The molecule has 8 nitrogen and oxygen atoms in total. The average Bonchev–Trinajstić information content (AvgIpc) is 2.94. The van der Waals surface area contributed by atoms with E-state index in [0.717, 1.165) is 15.9 Å². The lowest BCUT2D eigenvalue weighted by molar-refractivity contribution is -0.129. The normalized spacial score (nSPS) is 15.1. The van der Waals surface area contributed by atoms with Crippen molar-refractivity contribution < 1.29 is 14.4 Å².